The predicted octanol–water partition coefficient (Wildman–Crippen LogP) is 1.85. The van der Waals surface area contributed by atoms with Crippen LogP contribution in [0.4, 0.5) is 14.7 Å². The number of amides is 1. The number of hydrogen-bond donors (Lipinski definition) is 1. The molecule has 28 heavy (non-hydrogen) atoms. The van der Waals surface area contributed by atoms with Crippen LogP contribution in [0.5, 0.6) is 0 Å². The van der Waals surface area contributed by atoms with E-state index in [2.05, 4.69) is 15.4 Å². The van der Waals surface area contributed by atoms with Crippen molar-refractivity contribution in [1.29, 1.82) is 0 Å². The molecule has 3 aliphatic heterocycles. The van der Waals surface area contributed by atoms with E-state index in [9.17, 15) is 18.4 Å². The molecule has 1 amide bonds. The van der Waals surface area contributed by atoms with Crippen LogP contribution < -0.4 is 5.32 Å². The number of halogens is 2. The van der Waals surface area contributed by atoms with Crippen molar-refractivity contribution < 1.29 is 23.1 Å². The molecule has 154 valence electrons. The van der Waals surface area contributed by atoms with Crippen LogP contribution in [0.15, 0.2) is 6.33 Å². The summed E-state index contributed by atoms with van der Waals surface area (Å²) in [6.07, 6.45) is 0.699. The molecule has 0 saturated carbocycles. The summed E-state index contributed by atoms with van der Waals surface area (Å²) in [5.41, 5.74) is -0.818. The van der Waals surface area contributed by atoms with Gasteiger partial charge in [-0.2, -0.15) is 10.1 Å². The Kier molecular flexibility index (Phi) is 4.75. The van der Waals surface area contributed by atoms with Crippen molar-refractivity contribution in [2.45, 2.75) is 63.6 Å². The smallest absolute Gasteiger partial charge is 0.307 e. The van der Waals surface area contributed by atoms with E-state index < -0.39 is 24.0 Å². The molecule has 1 aromatic rings. The third kappa shape index (κ3) is 3.33. The molecule has 0 radical (unpaired) electrons. The average Bonchev–Trinajstić information content (AvgIpc) is 3.23. The lowest BCUT2D eigenvalue weighted by atomic mass is 9.84. The first kappa shape index (κ1) is 19.1. The number of aromatic nitrogens is 3. The first-order chi connectivity index (χ1) is 13.3. The molecule has 0 bridgehead atoms. The van der Waals surface area contributed by atoms with Crippen LogP contribution in [0.25, 0.3) is 0 Å². The summed E-state index contributed by atoms with van der Waals surface area (Å²) in [5, 5.41) is 7.13. The molecular formula is C18H25F2N5O3. The number of carbonyl (C=O) groups excluding carboxylic acids is 2. The van der Waals surface area contributed by atoms with Gasteiger partial charge < -0.3 is 15.0 Å². The van der Waals surface area contributed by atoms with Crippen molar-refractivity contribution in [2.24, 2.45) is 11.8 Å². The molecule has 4 heterocycles. The quantitative estimate of drug-likeness (QED) is 0.783. The first-order valence-corrected chi connectivity index (χ1v) is 9.71. The first-order valence-electron chi connectivity index (χ1n) is 9.71. The van der Waals surface area contributed by atoms with Crippen molar-refractivity contribution in [3.05, 3.63) is 6.33 Å². The van der Waals surface area contributed by atoms with E-state index in [0.29, 0.717) is 19.0 Å². The number of carbonyl (C=O) groups is 2. The van der Waals surface area contributed by atoms with Crippen molar-refractivity contribution in [2.75, 3.05) is 18.4 Å². The van der Waals surface area contributed by atoms with Gasteiger partial charge in [0.2, 0.25) is 11.9 Å². The van der Waals surface area contributed by atoms with E-state index in [4.69, 9.17) is 4.74 Å². The average molecular weight is 397 g/mol. The summed E-state index contributed by atoms with van der Waals surface area (Å²) >= 11 is 0. The highest BCUT2D eigenvalue weighted by molar-refractivity contribution is 5.87. The summed E-state index contributed by atoms with van der Waals surface area (Å²) < 4.78 is 33.6. The minimum absolute atomic E-state index is 0.0329. The third-order valence-corrected chi connectivity index (χ3v) is 6.21. The highest BCUT2D eigenvalue weighted by Gasteiger charge is 2.48. The molecule has 4 rings (SSSR count). The molecule has 10 heteroatoms. The summed E-state index contributed by atoms with van der Waals surface area (Å²) in [5.74, 6) is -0.573. The van der Waals surface area contributed by atoms with Gasteiger partial charge in [-0.15, -0.1) is 0 Å². The second kappa shape index (κ2) is 6.97. The molecule has 0 unspecified atom stereocenters. The maximum absolute atomic E-state index is 13.5. The van der Waals surface area contributed by atoms with Crippen LogP contribution in [-0.2, 0) is 14.3 Å². The molecule has 8 nitrogen and oxygen atoms in total. The number of nitrogens with zero attached hydrogens (tertiary/aromatic N) is 4. The van der Waals surface area contributed by atoms with Crippen LogP contribution in [0.1, 0.15) is 45.6 Å². The van der Waals surface area contributed by atoms with Crippen molar-refractivity contribution >= 4 is 17.8 Å². The third-order valence-electron chi connectivity index (χ3n) is 6.21. The number of esters is 1. The summed E-state index contributed by atoms with van der Waals surface area (Å²) in [4.78, 5) is 30.5. The second-order valence-corrected chi connectivity index (χ2v) is 8.44. The Morgan fingerprint density at radius 1 is 1.43 bits per heavy atom. The van der Waals surface area contributed by atoms with Gasteiger partial charge in [0.25, 0.3) is 6.43 Å². The topological polar surface area (TPSA) is 89.4 Å². The lowest BCUT2D eigenvalue weighted by molar-refractivity contribution is -0.149. The highest BCUT2D eigenvalue weighted by Crippen LogP contribution is 2.37. The fourth-order valence-corrected chi connectivity index (χ4v) is 4.66. The number of rotatable bonds is 3. The number of ether oxygens (including phenoxy) is 1. The number of piperidine rings is 1. The Balaban J connectivity index is 1.47. The number of cyclic esters (lactones) is 1. The number of alkyl halides is 2. The van der Waals surface area contributed by atoms with Crippen molar-refractivity contribution in [3.8, 4) is 0 Å². The lowest BCUT2D eigenvalue weighted by Crippen LogP contribution is -2.51. The molecule has 1 N–H and O–H groups in total. The highest BCUT2D eigenvalue weighted by atomic mass is 19.3. The van der Waals surface area contributed by atoms with Gasteiger partial charge >= 0.3 is 5.97 Å². The second-order valence-electron chi connectivity index (χ2n) is 8.44. The van der Waals surface area contributed by atoms with Gasteiger partial charge in [0.15, 0.2) is 0 Å². The van der Waals surface area contributed by atoms with E-state index in [0.717, 1.165) is 12.8 Å². The Bertz CT molecular complexity index is 768. The Labute approximate surface area is 161 Å². The zero-order valence-electron chi connectivity index (χ0n) is 16.0. The lowest BCUT2D eigenvalue weighted by Gasteiger charge is -2.41. The van der Waals surface area contributed by atoms with E-state index in [1.54, 1.807) is 18.7 Å². The number of nitrogens with one attached hydrogen (secondary N) is 1. The van der Waals surface area contributed by atoms with Gasteiger partial charge in [-0.05, 0) is 39.0 Å². The van der Waals surface area contributed by atoms with E-state index >= 15 is 0 Å². The van der Waals surface area contributed by atoms with Crippen LogP contribution >= 0.6 is 0 Å². The van der Waals surface area contributed by atoms with E-state index in [1.807, 2.05) is 0 Å². The van der Waals surface area contributed by atoms with Gasteiger partial charge in [-0.3, -0.25) is 9.59 Å². The monoisotopic (exact) mass is 397 g/mol. The standard InChI is InChI=1S/C18H25F2N5O3/c1-18(2)11(6-14(26)28-18)16(27)24-5-3-4-10(8-24)12-7-13(15(19)20)25-17(23-12)21-9-22-25/h9-13,15H,3-8H2,1-2H3,(H,21,22,23)/t10-,11+,12+,13-/m1/s1. The molecule has 0 aromatic carbocycles. The maximum atomic E-state index is 13.5. The van der Waals surface area contributed by atoms with Gasteiger partial charge in [0.05, 0.1) is 12.3 Å². The maximum Gasteiger partial charge on any atom is 0.307 e. The molecule has 0 aliphatic carbocycles. The van der Waals surface area contributed by atoms with Crippen LogP contribution in [0.3, 0.4) is 0 Å². The predicted molar refractivity (Wildman–Crippen MR) is 94.7 cm³/mol. The van der Waals surface area contributed by atoms with Crippen molar-refractivity contribution in [1.82, 2.24) is 19.7 Å². The largest absolute Gasteiger partial charge is 0.459 e. The fourth-order valence-electron chi connectivity index (χ4n) is 4.66. The van der Waals surface area contributed by atoms with Crippen molar-refractivity contribution in [3.63, 3.8) is 0 Å². The minimum Gasteiger partial charge on any atom is -0.459 e. The number of anilines is 1. The molecule has 0 spiro atoms. The Hall–Kier alpha value is -2.26. The molecule has 2 saturated heterocycles. The number of likely N-dealkylation sites (tertiary alicyclic amines) is 1. The number of fused-ring (bicyclic) bond motifs is 1. The van der Waals surface area contributed by atoms with Gasteiger partial charge in [-0.1, -0.05) is 0 Å². The fraction of sp³-hybridized carbons (Fsp3) is 0.778. The summed E-state index contributed by atoms with van der Waals surface area (Å²) in [6, 6.07) is -1.23. The Morgan fingerprint density at radius 3 is 2.89 bits per heavy atom. The van der Waals surface area contributed by atoms with Crippen LogP contribution in [0.2, 0.25) is 0 Å². The normalized spacial score (nSPS) is 32.0. The van der Waals surface area contributed by atoms with Gasteiger partial charge in [0, 0.05) is 19.1 Å². The Morgan fingerprint density at radius 2 is 2.21 bits per heavy atom. The van der Waals surface area contributed by atoms with Gasteiger partial charge in [0.1, 0.15) is 18.0 Å². The van der Waals surface area contributed by atoms with Crippen LogP contribution in [0, 0.1) is 11.8 Å². The zero-order valence-corrected chi connectivity index (χ0v) is 16.0. The molecule has 1 aromatic heterocycles. The molecule has 3 aliphatic rings. The van der Waals surface area contributed by atoms with E-state index in [-0.39, 0.29) is 36.7 Å². The van der Waals surface area contributed by atoms with Crippen LogP contribution in [-0.4, -0.2) is 62.7 Å². The number of hydrogen-bond acceptors (Lipinski definition) is 6. The molecular weight excluding hydrogens is 372 g/mol. The minimum atomic E-state index is -2.53. The zero-order chi connectivity index (χ0) is 20.1. The molecule has 4 atom stereocenters. The summed E-state index contributed by atoms with van der Waals surface area (Å²) in [6.45, 7) is 4.59. The van der Waals surface area contributed by atoms with Gasteiger partial charge in [-0.25, -0.2) is 13.5 Å². The summed E-state index contributed by atoms with van der Waals surface area (Å²) in [7, 11) is 0. The SMILES string of the molecule is CC1(C)OC(=O)C[C@H]1C(=O)N1CCC[C@@H]([C@@H]2C[C@H](C(F)F)n3ncnc3N2)C1. The van der Waals surface area contributed by atoms with E-state index in [1.165, 1.54) is 11.0 Å². The molecule has 2 fully saturated rings.